The zero-order chi connectivity index (χ0) is 21.8. The fourth-order valence-corrected chi connectivity index (χ4v) is 3.88. The zero-order valence-corrected chi connectivity index (χ0v) is 17.1. The van der Waals surface area contributed by atoms with Gasteiger partial charge in [-0.15, -0.1) is 0 Å². The molecule has 11 heteroatoms. The summed E-state index contributed by atoms with van der Waals surface area (Å²) in [6.07, 6.45) is 0.923. The molecule has 0 radical (unpaired) electrons. The van der Waals surface area contributed by atoms with Gasteiger partial charge in [0.25, 0.3) is 5.69 Å². The van der Waals surface area contributed by atoms with Crippen LogP contribution in [0.2, 0.25) is 0 Å². The van der Waals surface area contributed by atoms with Gasteiger partial charge in [-0.2, -0.15) is 0 Å². The summed E-state index contributed by atoms with van der Waals surface area (Å²) in [5.74, 6) is 0.221. The number of rotatable bonds is 8. The van der Waals surface area contributed by atoms with E-state index < -0.39 is 26.9 Å². The normalized spacial score (nSPS) is 12.0. The van der Waals surface area contributed by atoms with E-state index in [4.69, 9.17) is 9.47 Å². The molecule has 0 saturated carbocycles. The quantitative estimate of drug-likeness (QED) is 0.510. The Morgan fingerprint density at radius 2 is 1.79 bits per heavy atom. The van der Waals surface area contributed by atoms with Crippen LogP contribution in [0.5, 0.6) is 11.5 Å². The summed E-state index contributed by atoms with van der Waals surface area (Å²) in [7, 11) is -0.998. The second-order valence-electron chi connectivity index (χ2n) is 6.07. The maximum absolute atomic E-state index is 12.7. The fraction of sp³-hybridized carbons (Fsp3) is 0.278. The van der Waals surface area contributed by atoms with Crippen molar-refractivity contribution in [1.29, 1.82) is 0 Å². The zero-order valence-electron chi connectivity index (χ0n) is 16.3. The number of nitro groups is 1. The highest BCUT2D eigenvalue weighted by Crippen LogP contribution is 2.30. The van der Waals surface area contributed by atoms with Crippen LogP contribution in [0, 0.1) is 10.1 Å². The molecule has 0 saturated heterocycles. The SMILES string of the molecule is COc1ccc(NC(=O)C(C)N(c2cccc([N+](=O)[O-])c2)S(C)(=O)=O)cc1OC. The van der Waals surface area contributed by atoms with Gasteiger partial charge in [0.2, 0.25) is 15.9 Å². The number of sulfonamides is 1. The first-order chi connectivity index (χ1) is 13.6. The Morgan fingerprint density at radius 3 is 2.34 bits per heavy atom. The molecule has 0 heterocycles. The van der Waals surface area contributed by atoms with Crippen molar-refractivity contribution in [3.63, 3.8) is 0 Å². The minimum absolute atomic E-state index is 0.0108. The highest BCUT2D eigenvalue weighted by atomic mass is 32.2. The van der Waals surface area contributed by atoms with E-state index in [9.17, 15) is 23.3 Å². The van der Waals surface area contributed by atoms with Crippen LogP contribution in [0.15, 0.2) is 42.5 Å². The Balaban J connectivity index is 2.35. The molecule has 0 spiro atoms. The molecule has 0 bridgehead atoms. The Bertz CT molecular complexity index is 1020. The largest absolute Gasteiger partial charge is 0.493 e. The number of amides is 1. The molecule has 0 aromatic heterocycles. The Labute approximate surface area is 168 Å². The molecule has 1 N–H and O–H groups in total. The van der Waals surface area contributed by atoms with Gasteiger partial charge >= 0.3 is 0 Å². The van der Waals surface area contributed by atoms with E-state index in [1.54, 1.807) is 12.1 Å². The fourth-order valence-electron chi connectivity index (χ4n) is 2.71. The molecular weight excluding hydrogens is 402 g/mol. The van der Waals surface area contributed by atoms with Gasteiger partial charge in [-0.3, -0.25) is 19.2 Å². The van der Waals surface area contributed by atoms with Crippen molar-refractivity contribution in [3.05, 3.63) is 52.6 Å². The molecule has 0 aliphatic heterocycles. The Kier molecular flexibility index (Phi) is 6.64. The third-order valence-electron chi connectivity index (χ3n) is 4.03. The lowest BCUT2D eigenvalue weighted by atomic mass is 10.2. The van der Waals surface area contributed by atoms with Gasteiger partial charge in [0.05, 0.1) is 31.1 Å². The second-order valence-corrected chi connectivity index (χ2v) is 7.93. The first-order valence-electron chi connectivity index (χ1n) is 8.35. The predicted molar refractivity (Wildman–Crippen MR) is 108 cm³/mol. The molecule has 0 aliphatic rings. The number of nitro benzene ring substituents is 1. The highest BCUT2D eigenvalue weighted by Gasteiger charge is 2.30. The Hall–Kier alpha value is -3.34. The molecule has 0 aliphatic carbocycles. The lowest BCUT2D eigenvalue weighted by Crippen LogP contribution is -2.45. The van der Waals surface area contributed by atoms with Crippen molar-refractivity contribution < 1.29 is 27.6 Å². The average Bonchev–Trinajstić information content (AvgIpc) is 2.66. The summed E-state index contributed by atoms with van der Waals surface area (Å²) in [6.45, 7) is 1.38. The minimum Gasteiger partial charge on any atom is -0.493 e. The summed E-state index contributed by atoms with van der Waals surface area (Å²) in [5, 5.41) is 13.6. The molecule has 1 unspecified atom stereocenters. The summed E-state index contributed by atoms with van der Waals surface area (Å²) >= 11 is 0. The van der Waals surface area contributed by atoms with Crippen LogP contribution in [0.3, 0.4) is 0 Å². The van der Waals surface area contributed by atoms with E-state index in [1.165, 1.54) is 45.4 Å². The maximum Gasteiger partial charge on any atom is 0.271 e. The lowest BCUT2D eigenvalue weighted by Gasteiger charge is -2.28. The summed E-state index contributed by atoms with van der Waals surface area (Å²) < 4.78 is 35.8. The van der Waals surface area contributed by atoms with Crippen LogP contribution < -0.4 is 19.1 Å². The topological polar surface area (TPSA) is 128 Å². The molecule has 2 aromatic rings. The first-order valence-corrected chi connectivity index (χ1v) is 10.2. The smallest absolute Gasteiger partial charge is 0.271 e. The number of hydrogen-bond acceptors (Lipinski definition) is 7. The van der Waals surface area contributed by atoms with Crippen LogP contribution in [-0.2, 0) is 14.8 Å². The van der Waals surface area contributed by atoms with Crippen molar-refractivity contribution in [2.24, 2.45) is 0 Å². The molecular formula is C18H21N3O7S. The summed E-state index contributed by atoms with van der Waals surface area (Å²) in [5.41, 5.74) is 0.0901. The summed E-state index contributed by atoms with van der Waals surface area (Å²) in [6, 6.07) is 8.58. The molecule has 156 valence electrons. The van der Waals surface area contributed by atoms with Crippen molar-refractivity contribution in [2.45, 2.75) is 13.0 Å². The van der Waals surface area contributed by atoms with E-state index in [-0.39, 0.29) is 11.4 Å². The monoisotopic (exact) mass is 423 g/mol. The van der Waals surface area contributed by atoms with Crippen molar-refractivity contribution in [1.82, 2.24) is 0 Å². The van der Waals surface area contributed by atoms with Crippen LogP contribution in [-0.4, -0.2) is 45.8 Å². The second kappa shape index (κ2) is 8.78. The van der Waals surface area contributed by atoms with E-state index >= 15 is 0 Å². The van der Waals surface area contributed by atoms with E-state index in [1.807, 2.05) is 0 Å². The summed E-state index contributed by atoms with van der Waals surface area (Å²) in [4.78, 5) is 23.1. The molecule has 1 atom stereocenters. The van der Waals surface area contributed by atoms with E-state index in [0.29, 0.717) is 17.2 Å². The van der Waals surface area contributed by atoms with Crippen molar-refractivity contribution in [2.75, 3.05) is 30.1 Å². The van der Waals surface area contributed by atoms with Crippen LogP contribution in [0.4, 0.5) is 17.1 Å². The van der Waals surface area contributed by atoms with Gasteiger partial charge in [0.1, 0.15) is 6.04 Å². The molecule has 10 nitrogen and oxygen atoms in total. The van der Waals surface area contributed by atoms with E-state index in [0.717, 1.165) is 16.6 Å². The number of methoxy groups -OCH3 is 2. The van der Waals surface area contributed by atoms with Gasteiger partial charge in [-0.05, 0) is 25.1 Å². The average molecular weight is 423 g/mol. The number of carbonyl (C=O) groups is 1. The van der Waals surface area contributed by atoms with Gasteiger partial charge < -0.3 is 14.8 Å². The number of nitrogens with one attached hydrogen (secondary N) is 1. The van der Waals surface area contributed by atoms with E-state index in [2.05, 4.69) is 5.32 Å². The molecule has 29 heavy (non-hydrogen) atoms. The molecule has 0 fully saturated rings. The first kappa shape index (κ1) is 22.0. The van der Waals surface area contributed by atoms with Gasteiger partial charge in [0, 0.05) is 23.9 Å². The van der Waals surface area contributed by atoms with Crippen molar-refractivity contribution >= 4 is 33.0 Å². The molecule has 1 amide bonds. The third kappa shape index (κ3) is 5.13. The highest BCUT2D eigenvalue weighted by molar-refractivity contribution is 7.92. The number of nitrogens with zero attached hydrogens (tertiary/aromatic N) is 2. The lowest BCUT2D eigenvalue weighted by molar-refractivity contribution is -0.384. The number of ether oxygens (including phenoxy) is 2. The third-order valence-corrected chi connectivity index (χ3v) is 5.28. The molecule has 2 aromatic carbocycles. The Morgan fingerprint density at radius 1 is 1.14 bits per heavy atom. The van der Waals surface area contributed by atoms with Crippen LogP contribution >= 0.6 is 0 Å². The number of anilines is 2. The number of hydrogen-bond donors (Lipinski definition) is 1. The molecule has 2 rings (SSSR count). The van der Waals surface area contributed by atoms with Crippen LogP contribution in [0.1, 0.15) is 6.92 Å². The van der Waals surface area contributed by atoms with Gasteiger partial charge in [-0.25, -0.2) is 8.42 Å². The standard InChI is InChI=1S/C18H21N3O7S/c1-12(18(22)19-13-8-9-16(27-2)17(10-13)28-3)20(29(4,25)26)14-6-5-7-15(11-14)21(23)24/h5-12H,1-4H3,(H,19,22). The predicted octanol–water partition coefficient (Wildman–Crippen LogP) is 2.41. The maximum atomic E-state index is 12.7. The van der Waals surface area contributed by atoms with Crippen LogP contribution in [0.25, 0.3) is 0 Å². The number of benzene rings is 2. The number of non-ortho nitro benzene ring substituents is 1. The van der Waals surface area contributed by atoms with Gasteiger partial charge in [0.15, 0.2) is 11.5 Å². The van der Waals surface area contributed by atoms with Crippen molar-refractivity contribution in [3.8, 4) is 11.5 Å². The number of carbonyl (C=O) groups excluding carboxylic acids is 1. The van der Waals surface area contributed by atoms with Gasteiger partial charge in [-0.1, -0.05) is 6.07 Å². The minimum atomic E-state index is -3.92.